The van der Waals surface area contributed by atoms with E-state index in [1.54, 1.807) is 6.07 Å². The van der Waals surface area contributed by atoms with E-state index in [1.165, 1.54) is 19.2 Å². The molecule has 138 valence electrons. The molecule has 1 atom stereocenters. The van der Waals surface area contributed by atoms with E-state index in [0.717, 1.165) is 5.56 Å². The zero-order valence-corrected chi connectivity index (χ0v) is 17.5. The van der Waals surface area contributed by atoms with Crippen LogP contribution in [0.15, 0.2) is 24.3 Å². The van der Waals surface area contributed by atoms with Crippen molar-refractivity contribution in [3.05, 3.63) is 35.6 Å². The highest BCUT2D eigenvalue weighted by Gasteiger charge is 2.41. The lowest BCUT2D eigenvalue weighted by Crippen LogP contribution is -2.43. The molecule has 0 N–H and O–H groups in total. The molecule has 0 unspecified atom stereocenters. The Balaban J connectivity index is 3.37. The quantitative estimate of drug-likeness (QED) is 0.369. The molecular weight excluding hydrogens is 331 g/mol. The summed E-state index contributed by atoms with van der Waals surface area (Å²) in [6.45, 7) is 13.5. The summed E-state index contributed by atoms with van der Waals surface area (Å²) in [5.41, 5.74) is 5.89. The van der Waals surface area contributed by atoms with Gasteiger partial charge in [-0.25, -0.2) is 4.39 Å². The molecule has 25 heavy (non-hydrogen) atoms. The average molecular weight is 363 g/mol. The maximum absolute atomic E-state index is 13.7. The van der Waals surface area contributed by atoms with Crippen LogP contribution in [0.1, 0.15) is 59.4 Å². The van der Waals surface area contributed by atoms with Crippen LogP contribution in [0.5, 0.6) is 0 Å². The normalized spacial score (nSPS) is 12.9. The highest BCUT2D eigenvalue weighted by atomic mass is 28.3. The molecule has 0 fully saturated rings. The number of methoxy groups -OCH3 is 1. The lowest BCUT2D eigenvalue weighted by atomic mass is 9.96. The summed E-state index contributed by atoms with van der Waals surface area (Å²) in [5, 5.41) is 0. The van der Waals surface area contributed by atoms with E-state index in [4.69, 9.17) is 4.74 Å². The number of halogens is 1. The Labute approximate surface area is 153 Å². The van der Waals surface area contributed by atoms with Gasteiger partial charge in [-0.2, -0.15) is 0 Å². The summed E-state index contributed by atoms with van der Waals surface area (Å²) in [7, 11) is -0.536. The zero-order chi connectivity index (χ0) is 19.2. The highest BCUT2D eigenvalue weighted by molar-refractivity contribution is 6.90. The fraction of sp³-hybridized carbons (Fsp3) is 0.571. The minimum absolute atomic E-state index is 0.145. The number of carbonyl (C=O) groups excluding carboxylic acids is 1. The molecule has 0 spiro atoms. The third-order valence-electron chi connectivity index (χ3n) is 5.18. The molecule has 0 aliphatic carbocycles. The summed E-state index contributed by atoms with van der Waals surface area (Å²) >= 11 is 0. The molecule has 1 aromatic carbocycles. The Kier molecular flexibility index (Phi) is 7.88. The van der Waals surface area contributed by atoms with Gasteiger partial charge in [0.15, 0.2) is 0 Å². The van der Waals surface area contributed by atoms with Gasteiger partial charge in [-0.3, -0.25) is 4.79 Å². The zero-order valence-electron chi connectivity index (χ0n) is 16.5. The summed E-state index contributed by atoms with van der Waals surface area (Å²) in [6.07, 6.45) is 0.145. The van der Waals surface area contributed by atoms with Crippen molar-refractivity contribution in [3.63, 3.8) is 0 Å². The largest absolute Gasteiger partial charge is 0.469 e. The third-order valence-corrected chi connectivity index (χ3v) is 11.5. The number of hydrogen-bond donors (Lipinski definition) is 0. The van der Waals surface area contributed by atoms with Crippen molar-refractivity contribution < 1.29 is 13.9 Å². The van der Waals surface area contributed by atoms with Crippen LogP contribution in [0.3, 0.4) is 0 Å². The maximum Gasteiger partial charge on any atom is 0.307 e. The predicted molar refractivity (Wildman–Crippen MR) is 105 cm³/mol. The van der Waals surface area contributed by atoms with E-state index in [9.17, 15) is 9.18 Å². The first-order valence-corrected chi connectivity index (χ1v) is 11.2. The van der Waals surface area contributed by atoms with E-state index >= 15 is 0 Å². The van der Waals surface area contributed by atoms with E-state index in [1.807, 2.05) is 6.07 Å². The number of benzene rings is 1. The molecule has 1 rings (SSSR count). The Morgan fingerprint density at radius 1 is 1.12 bits per heavy atom. The molecule has 0 bridgehead atoms. The van der Waals surface area contributed by atoms with Crippen molar-refractivity contribution >= 4 is 14.0 Å². The second-order valence-corrected chi connectivity index (χ2v) is 13.1. The van der Waals surface area contributed by atoms with Crippen molar-refractivity contribution in [1.82, 2.24) is 0 Å². The maximum atomic E-state index is 13.7. The number of hydrogen-bond acceptors (Lipinski definition) is 2. The second-order valence-electron chi connectivity index (χ2n) is 7.55. The number of rotatable bonds is 6. The Morgan fingerprint density at radius 3 is 2.12 bits per heavy atom. The van der Waals surface area contributed by atoms with Crippen LogP contribution in [0.4, 0.5) is 4.39 Å². The van der Waals surface area contributed by atoms with Crippen LogP contribution < -0.4 is 0 Å². The van der Waals surface area contributed by atoms with Crippen molar-refractivity contribution in [2.75, 3.05) is 7.11 Å². The van der Waals surface area contributed by atoms with E-state index < -0.39 is 8.07 Å². The van der Waals surface area contributed by atoms with Crippen LogP contribution in [0, 0.1) is 17.3 Å². The molecule has 0 amide bonds. The summed E-state index contributed by atoms with van der Waals surface area (Å²) in [5.74, 6) is 2.38. The van der Waals surface area contributed by atoms with Crippen molar-refractivity contribution in [2.45, 2.75) is 70.5 Å². The van der Waals surface area contributed by atoms with Gasteiger partial charge in [0.05, 0.1) is 19.4 Å². The summed E-state index contributed by atoms with van der Waals surface area (Å²) in [4.78, 5) is 11.8. The van der Waals surface area contributed by atoms with Crippen LogP contribution in [-0.4, -0.2) is 21.2 Å². The van der Waals surface area contributed by atoms with Gasteiger partial charge in [-0.05, 0) is 34.3 Å². The SMILES string of the molecule is COC(=O)C[C@@H](C#C[Si](C(C)C)(C(C)C)C(C)C)c1cccc(F)c1. The van der Waals surface area contributed by atoms with Gasteiger partial charge in [-0.15, -0.1) is 11.5 Å². The minimum Gasteiger partial charge on any atom is -0.469 e. The van der Waals surface area contributed by atoms with Crippen molar-refractivity contribution in [2.24, 2.45) is 0 Å². The van der Waals surface area contributed by atoms with Gasteiger partial charge in [0.1, 0.15) is 13.9 Å². The Bertz CT molecular complexity index is 619. The standard InChI is InChI=1S/C21H31FO2Si/c1-15(2)25(16(3)4,17(5)6)12-11-19(14-21(23)24-7)18-9-8-10-20(22)13-18/h8-10,13,15-17,19H,14H2,1-7H3/t19-/m1/s1. The first-order valence-electron chi connectivity index (χ1n) is 9.00. The molecule has 1 aromatic rings. The molecule has 0 aliphatic rings. The fourth-order valence-corrected chi connectivity index (χ4v) is 9.16. The fourth-order valence-electron chi connectivity index (χ4n) is 3.87. The lowest BCUT2D eigenvalue weighted by molar-refractivity contribution is -0.140. The minimum atomic E-state index is -1.91. The number of ether oxygens (including phenoxy) is 1. The van der Waals surface area contributed by atoms with Crippen LogP contribution in [0.25, 0.3) is 0 Å². The van der Waals surface area contributed by atoms with Gasteiger partial charge in [0.2, 0.25) is 0 Å². The number of carbonyl (C=O) groups is 1. The third kappa shape index (κ3) is 5.18. The predicted octanol–water partition coefficient (Wildman–Crippen LogP) is 5.69. The first kappa shape index (κ1) is 21.4. The van der Waals surface area contributed by atoms with Gasteiger partial charge < -0.3 is 4.74 Å². The van der Waals surface area contributed by atoms with Crippen molar-refractivity contribution in [3.8, 4) is 11.5 Å². The van der Waals surface area contributed by atoms with E-state index in [-0.39, 0.29) is 24.1 Å². The Morgan fingerprint density at radius 2 is 1.68 bits per heavy atom. The van der Waals surface area contributed by atoms with Gasteiger partial charge in [0, 0.05) is 0 Å². The molecule has 0 saturated carbocycles. The molecule has 4 heteroatoms. The van der Waals surface area contributed by atoms with Crippen LogP contribution in [-0.2, 0) is 9.53 Å². The van der Waals surface area contributed by atoms with Gasteiger partial charge >= 0.3 is 5.97 Å². The van der Waals surface area contributed by atoms with E-state index in [0.29, 0.717) is 16.6 Å². The van der Waals surface area contributed by atoms with E-state index in [2.05, 4.69) is 53.0 Å². The van der Waals surface area contributed by atoms with Crippen molar-refractivity contribution in [1.29, 1.82) is 0 Å². The highest BCUT2D eigenvalue weighted by Crippen LogP contribution is 2.41. The molecule has 0 heterocycles. The molecule has 0 saturated heterocycles. The molecule has 0 aliphatic heterocycles. The van der Waals surface area contributed by atoms with Gasteiger partial charge in [0.25, 0.3) is 0 Å². The van der Waals surface area contributed by atoms with Crippen LogP contribution >= 0.6 is 0 Å². The van der Waals surface area contributed by atoms with Gasteiger partial charge in [-0.1, -0.05) is 53.7 Å². The molecular formula is C21H31FO2Si. The van der Waals surface area contributed by atoms with Crippen LogP contribution in [0.2, 0.25) is 16.6 Å². The Hall–Kier alpha value is -1.60. The molecule has 2 nitrogen and oxygen atoms in total. The monoisotopic (exact) mass is 362 g/mol. The molecule has 0 aromatic heterocycles. The summed E-state index contributed by atoms with van der Waals surface area (Å²) in [6, 6.07) is 6.36. The average Bonchev–Trinajstić information content (AvgIpc) is 2.52. The topological polar surface area (TPSA) is 26.3 Å². The molecule has 0 radical (unpaired) electrons. The lowest BCUT2D eigenvalue weighted by Gasteiger charge is -2.38. The second kappa shape index (κ2) is 9.19. The first-order chi connectivity index (χ1) is 11.6. The summed E-state index contributed by atoms with van der Waals surface area (Å²) < 4.78 is 18.5. The number of esters is 1. The smallest absolute Gasteiger partial charge is 0.307 e.